The number of nitrogens with zero attached hydrogens (tertiary/aromatic N) is 1. The second-order valence-electron chi connectivity index (χ2n) is 6.81. The first-order valence-corrected chi connectivity index (χ1v) is 8.87. The average molecular weight is 385 g/mol. The molecule has 1 amide bonds. The van der Waals surface area contributed by atoms with Gasteiger partial charge >= 0.3 is 0 Å². The van der Waals surface area contributed by atoms with Crippen LogP contribution in [0.1, 0.15) is 27.7 Å². The highest BCUT2D eigenvalue weighted by Gasteiger charge is 2.48. The minimum absolute atomic E-state index is 0.334. The van der Waals surface area contributed by atoms with Crippen molar-refractivity contribution in [3.63, 3.8) is 0 Å². The zero-order valence-corrected chi connectivity index (χ0v) is 15.0. The van der Waals surface area contributed by atoms with Gasteiger partial charge in [-0.25, -0.2) is 0 Å². The van der Waals surface area contributed by atoms with Gasteiger partial charge in [0.25, 0.3) is 12.1 Å². The molecule has 0 saturated carbocycles. The van der Waals surface area contributed by atoms with Crippen LogP contribution >= 0.6 is 0 Å². The quantitative estimate of drug-likeness (QED) is 0.565. The van der Waals surface area contributed by atoms with Crippen LogP contribution in [-0.2, 0) is 16.1 Å². The number of nitrogens with one attached hydrogen (secondary N) is 1. The van der Waals surface area contributed by atoms with Crippen molar-refractivity contribution in [2.45, 2.75) is 31.1 Å². The van der Waals surface area contributed by atoms with Crippen molar-refractivity contribution >= 4 is 17.4 Å². The Morgan fingerprint density at radius 2 is 2.11 bits per heavy atom. The van der Waals surface area contributed by atoms with Crippen molar-refractivity contribution < 1.29 is 34.2 Å². The summed E-state index contributed by atoms with van der Waals surface area (Å²) in [5.74, 6) is 0.286. The van der Waals surface area contributed by atoms with Gasteiger partial charge in [0.05, 0.1) is 6.61 Å². The van der Waals surface area contributed by atoms with E-state index < -0.39 is 31.1 Å². The van der Waals surface area contributed by atoms with Gasteiger partial charge in [-0.15, -0.1) is 0 Å². The maximum absolute atomic E-state index is 12.6. The molecule has 1 aromatic carbocycles. The van der Waals surface area contributed by atoms with Crippen LogP contribution in [0.25, 0.3) is 5.76 Å². The van der Waals surface area contributed by atoms with Crippen LogP contribution in [0.5, 0.6) is 0 Å². The van der Waals surface area contributed by atoms with E-state index in [9.17, 15) is 20.1 Å². The lowest BCUT2D eigenvalue weighted by Crippen LogP contribution is -2.46. The van der Waals surface area contributed by atoms with Crippen LogP contribution in [0.4, 0.5) is 5.69 Å². The van der Waals surface area contributed by atoms with Crippen molar-refractivity contribution in [2.75, 3.05) is 11.9 Å². The molecule has 3 heterocycles. The number of aromatic nitrogens is 1. The van der Waals surface area contributed by atoms with E-state index in [0.717, 1.165) is 11.1 Å². The van der Waals surface area contributed by atoms with Gasteiger partial charge in [0.15, 0.2) is 18.5 Å². The van der Waals surface area contributed by atoms with Gasteiger partial charge in [-0.05, 0) is 24.3 Å². The number of pyridine rings is 1. The molecule has 4 atom stereocenters. The molecule has 4 N–H and O–H groups in total. The first kappa shape index (κ1) is 18.6. The molecule has 0 spiro atoms. The molecule has 0 aliphatic carbocycles. The highest BCUT2D eigenvalue weighted by Crippen LogP contribution is 2.30. The molecular weight excluding hydrogens is 364 g/mol. The lowest BCUT2D eigenvalue weighted by Gasteiger charge is -2.11. The molecule has 2 aliphatic rings. The standard InChI is InChI=1S/C20H20N2O6/c1-11-15-5-4-14(7-13(15)10-27-11)21-19(26)12-3-2-6-22(8-12)20-18(25)17(24)16(9-23)28-20/h2-8,16-18,20,23-25H,1,9-10H2/p+1/t16-,17-,18-,20-/m1/s1. The summed E-state index contributed by atoms with van der Waals surface area (Å²) >= 11 is 0. The Kier molecular flexibility index (Phi) is 4.86. The second kappa shape index (κ2) is 7.33. The Bertz CT molecular complexity index is 931. The molecule has 1 saturated heterocycles. The van der Waals surface area contributed by atoms with Crippen molar-refractivity contribution in [1.82, 2.24) is 0 Å². The molecule has 0 bridgehead atoms. The van der Waals surface area contributed by atoms with Crippen molar-refractivity contribution in [2.24, 2.45) is 0 Å². The summed E-state index contributed by atoms with van der Waals surface area (Å²) in [6.07, 6.45) is -1.06. The number of hydrogen-bond donors (Lipinski definition) is 4. The van der Waals surface area contributed by atoms with Crippen LogP contribution in [0, 0.1) is 0 Å². The van der Waals surface area contributed by atoms with Gasteiger partial charge in [-0.3, -0.25) is 4.79 Å². The predicted molar refractivity (Wildman–Crippen MR) is 97.9 cm³/mol. The third-order valence-corrected chi connectivity index (χ3v) is 4.96. The molecule has 4 rings (SSSR count). The minimum atomic E-state index is -1.22. The Morgan fingerprint density at radius 3 is 2.86 bits per heavy atom. The fourth-order valence-corrected chi connectivity index (χ4v) is 3.42. The predicted octanol–water partition coefficient (Wildman–Crippen LogP) is 0.339. The average Bonchev–Trinajstić information content (AvgIpc) is 3.21. The third kappa shape index (κ3) is 3.27. The van der Waals surface area contributed by atoms with Crippen LogP contribution in [0.3, 0.4) is 0 Å². The van der Waals surface area contributed by atoms with Crippen molar-refractivity contribution in [3.05, 3.63) is 66.0 Å². The van der Waals surface area contributed by atoms with Crippen molar-refractivity contribution in [1.29, 1.82) is 0 Å². The number of anilines is 1. The number of benzene rings is 1. The molecule has 0 radical (unpaired) electrons. The summed E-state index contributed by atoms with van der Waals surface area (Å²) < 4.78 is 12.4. The summed E-state index contributed by atoms with van der Waals surface area (Å²) in [6, 6.07) is 8.74. The lowest BCUT2D eigenvalue weighted by molar-refractivity contribution is -0.765. The second-order valence-corrected chi connectivity index (χ2v) is 6.81. The summed E-state index contributed by atoms with van der Waals surface area (Å²) in [4.78, 5) is 12.6. The largest absolute Gasteiger partial charge is 0.489 e. The van der Waals surface area contributed by atoms with E-state index in [1.54, 1.807) is 24.4 Å². The number of carbonyl (C=O) groups excluding carboxylic acids is 1. The van der Waals surface area contributed by atoms with Gasteiger partial charge in [0.1, 0.15) is 30.1 Å². The third-order valence-electron chi connectivity index (χ3n) is 4.96. The zero-order chi connectivity index (χ0) is 19.8. The fraction of sp³-hybridized carbons (Fsp3) is 0.300. The smallest absolute Gasteiger partial charge is 0.292 e. The van der Waals surface area contributed by atoms with Gasteiger partial charge < -0.3 is 30.1 Å². The maximum atomic E-state index is 12.6. The van der Waals surface area contributed by atoms with Crippen LogP contribution in [0.2, 0.25) is 0 Å². The summed E-state index contributed by atoms with van der Waals surface area (Å²) in [5.41, 5.74) is 2.86. The summed E-state index contributed by atoms with van der Waals surface area (Å²) in [5, 5.41) is 32.1. The minimum Gasteiger partial charge on any atom is -0.489 e. The number of aliphatic hydroxyl groups excluding tert-OH is 3. The molecule has 28 heavy (non-hydrogen) atoms. The Balaban J connectivity index is 1.52. The SMILES string of the molecule is C=C1OCc2cc(NC(=O)c3ccc[n+]([C@@H]4O[C@H](CO)[C@@H](O)[C@H]4O)c3)ccc21. The van der Waals surface area contributed by atoms with E-state index in [1.807, 2.05) is 12.1 Å². The van der Waals surface area contributed by atoms with Gasteiger partial charge in [-0.1, -0.05) is 6.58 Å². The van der Waals surface area contributed by atoms with E-state index in [4.69, 9.17) is 9.47 Å². The van der Waals surface area contributed by atoms with E-state index in [-0.39, 0.29) is 5.91 Å². The maximum Gasteiger partial charge on any atom is 0.292 e. The molecule has 2 aromatic rings. The number of hydrogen-bond acceptors (Lipinski definition) is 6. The van der Waals surface area contributed by atoms with E-state index in [2.05, 4.69) is 11.9 Å². The molecule has 0 unspecified atom stereocenters. The zero-order valence-electron chi connectivity index (χ0n) is 15.0. The number of carbonyl (C=O) groups is 1. The Labute approximate surface area is 161 Å². The molecule has 8 heteroatoms. The lowest BCUT2D eigenvalue weighted by atomic mass is 10.1. The Morgan fingerprint density at radius 1 is 1.29 bits per heavy atom. The topological polar surface area (TPSA) is 112 Å². The number of amides is 1. The molecular formula is C20H21N2O6+. The van der Waals surface area contributed by atoms with Gasteiger partial charge in [0.2, 0.25) is 0 Å². The Hall–Kier alpha value is -2.78. The van der Waals surface area contributed by atoms with Crippen LogP contribution in [0.15, 0.2) is 49.3 Å². The summed E-state index contributed by atoms with van der Waals surface area (Å²) in [6.45, 7) is 3.84. The molecule has 1 aromatic heterocycles. The number of rotatable bonds is 4. The highest BCUT2D eigenvalue weighted by atomic mass is 16.6. The molecule has 2 aliphatic heterocycles. The number of fused-ring (bicyclic) bond motifs is 1. The fourth-order valence-electron chi connectivity index (χ4n) is 3.42. The monoisotopic (exact) mass is 385 g/mol. The molecule has 8 nitrogen and oxygen atoms in total. The van der Waals surface area contributed by atoms with Gasteiger partial charge in [-0.2, -0.15) is 4.57 Å². The molecule has 146 valence electrons. The van der Waals surface area contributed by atoms with E-state index in [0.29, 0.717) is 23.6 Å². The summed E-state index contributed by atoms with van der Waals surface area (Å²) in [7, 11) is 0. The van der Waals surface area contributed by atoms with Gasteiger partial charge in [0, 0.05) is 22.9 Å². The van der Waals surface area contributed by atoms with Crippen molar-refractivity contribution in [3.8, 4) is 0 Å². The molecule has 1 fully saturated rings. The first-order chi connectivity index (χ1) is 13.5. The number of aliphatic hydroxyl groups is 3. The van der Waals surface area contributed by atoms with Crippen LogP contribution in [-0.4, -0.2) is 46.1 Å². The van der Waals surface area contributed by atoms with E-state index >= 15 is 0 Å². The highest BCUT2D eigenvalue weighted by molar-refractivity contribution is 6.04. The van der Waals surface area contributed by atoms with Crippen LogP contribution < -0.4 is 9.88 Å². The number of ether oxygens (including phenoxy) is 2. The first-order valence-electron chi connectivity index (χ1n) is 8.87. The normalized spacial score (nSPS) is 26.0. The van der Waals surface area contributed by atoms with E-state index in [1.165, 1.54) is 10.8 Å².